The lowest BCUT2D eigenvalue weighted by molar-refractivity contribution is 0.0342. The minimum absolute atomic E-state index is 0. The fourth-order valence-corrected chi connectivity index (χ4v) is 3.37. The molecule has 7 heteroatoms. The lowest BCUT2D eigenvalue weighted by Crippen LogP contribution is -2.41. The summed E-state index contributed by atoms with van der Waals surface area (Å²) in [6.07, 6.45) is 0.0316. The highest BCUT2D eigenvalue weighted by molar-refractivity contribution is 14.0. The zero-order valence-electron chi connectivity index (χ0n) is 18.8. The van der Waals surface area contributed by atoms with Gasteiger partial charge in [0.25, 0.3) is 0 Å². The Bertz CT molecular complexity index is 807. The maximum Gasteiger partial charge on any atom is 0.191 e. The van der Waals surface area contributed by atoms with Crippen LogP contribution in [0.2, 0.25) is 0 Å². The van der Waals surface area contributed by atoms with Gasteiger partial charge in [-0.1, -0.05) is 42.5 Å². The number of hydrogen-bond acceptors (Lipinski definition) is 4. The van der Waals surface area contributed by atoms with Crippen LogP contribution in [0.4, 0.5) is 0 Å². The molecule has 3 rings (SSSR count). The molecule has 2 N–H and O–H groups in total. The number of rotatable bonds is 8. The largest absolute Gasteiger partial charge is 0.489 e. The Morgan fingerprint density at radius 2 is 1.74 bits per heavy atom. The van der Waals surface area contributed by atoms with Crippen LogP contribution in [-0.2, 0) is 17.8 Å². The standard InChI is InChI=1S/C24H34N4O2.HI/c1-19-6-4-5-7-23(19)30-20(2)16-26-24(25-3)27-17-21-8-10-22(11-9-21)18-28-12-14-29-15-13-28;/h4-11,20H,12-18H2,1-3H3,(H2,25,26,27);1H. The third kappa shape index (κ3) is 8.66. The summed E-state index contributed by atoms with van der Waals surface area (Å²) >= 11 is 0. The number of nitrogens with one attached hydrogen (secondary N) is 2. The molecule has 1 atom stereocenters. The van der Waals surface area contributed by atoms with E-state index in [4.69, 9.17) is 9.47 Å². The zero-order valence-corrected chi connectivity index (χ0v) is 21.1. The Hall–Kier alpha value is -1.84. The third-order valence-corrected chi connectivity index (χ3v) is 5.20. The van der Waals surface area contributed by atoms with Gasteiger partial charge in [-0.3, -0.25) is 9.89 Å². The summed E-state index contributed by atoms with van der Waals surface area (Å²) in [5.41, 5.74) is 3.71. The molecule has 1 heterocycles. The Balaban J connectivity index is 0.00000341. The summed E-state index contributed by atoms with van der Waals surface area (Å²) in [6, 6.07) is 16.9. The summed E-state index contributed by atoms with van der Waals surface area (Å²) in [4.78, 5) is 6.75. The van der Waals surface area contributed by atoms with E-state index in [1.807, 2.05) is 18.2 Å². The molecule has 6 nitrogen and oxygen atoms in total. The number of guanidine groups is 1. The molecule has 1 saturated heterocycles. The van der Waals surface area contributed by atoms with Gasteiger partial charge in [0.05, 0.1) is 19.8 Å². The quantitative estimate of drug-likeness (QED) is 0.306. The van der Waals surface area contributed by atoms with Gasteiger partial charge in [0.15, 0.2) is 5.96 Å². The van der Waals surface area contributed by atoms with Crippen LogP contribution >= 0.6 is 24.0 Å². The molecule has 0 bridgehead atoms. The van der Waals surface area contributed by atoms with Crippen LogP contribution in [0.15, 0.2) is 53.5 Å². The van der Waals surface area contributed by atoms with Crippen LogP contribution in [0.25, 0.3) is 0 Å². The van der Waals surface area contributed by atoms with Gasteiger partial charge < -0.3 is 20.1 Å². The van der Waals surface area contributed by atoms with Crippen molar-refractivity contribution in [2.45, 2.75) is 33.0 Å². The van der Waals surface area contributed by atoms with Crippen LogP contribution in [0.3, 0.4) is 0 Å². The van der Waals surface area contributed by atoms with Gasteiger partial charge in [-0.2, -0.15) is 0 Å². The zero-order chi connectivity index (χ0) is 21.2. The number of morpholine rings is 1. The van der Waals surface area contributed by atoms with Gasteiger partial charge in [0, 0.05) is 33.2 Å². The van der Waals surface area contributed by atoms with E-state index in [-0.39, 0.29) is 30.1 Å². The van der Waals surface area contributed by atoms with Gasteiger partial charge in [-0.05, 0) is 36.6 Å². The Morgan fingerprint density at radius 3 is 2.42 bits per heavy atom. The van der Waals surface area contributed by atoms with Crippen molar-refractivity contribution in [3.8, 4) is 5.75 Å². The molecule has 1 unspecified atom stereocenters. The Morgan fingerprint density at radius 1 is 1.06 bits per heavy atom. The predicted octanol–water partition coefficient (Wildman–Crippen LogP) is 3.58. The van der Waals surface area contributed by atoms with Crippen molar-refractivity contribution < 1.29 is 9.47 Å². The lowest BCUT2D eigenvalue weighted by atomic mass is 10.1. The molecule has 2 aromatic rings. The minimum Gasteiger partial charge on any atom is -0.489 e. The van der Waals surface area contributed by atoms with E-state index in [1.165, 1.54) is 11.1 Å². The smallest absolute Gasteiger partial charge is 0.191 e. The average Bonchev–Trinajstić information content (AvgIpc) is 2.77. The Labute approximate surface area is 203 Å². The molecule has 0 amide bonds. The van der Waals surface area contributed by atoms with Crippen molar-refractivity contribution in [3.63, 3.8) is 0 Å². The van der Waals surface area contributed by atoms with Gasteiger partial charge >= 0.3 is 0 Å². The number of hydrogen-bond donors (Lipinski definition) is 2. The average molecular weight is 538 g/mol. The number of nitrogens with zero attached hydrogens (tertiary/aromatic N) is 2. The van der Waals surface area contributed by atoms with Gasteiger partial charge in [-0.15, -0.1) is 24.0 Å². The predicted molar refractivity (Wildman–Crippen MR) is 137 cm³/mol. The molecule has 1 aliphatic rings. The summed E-state index contributed by atoms with van der Waals surface area (Å²) in [5.74, 6) is 1.69. The van der Waals surface area contributed by atoms with Crippen LogP contribution in [0.1, 0.15) is 23.6 Å². The van der Waals surface area contributed by atoms with Crippen molar-refractivity contribution in [1.29, 1.82) is 0 Å². The normalized spacial score (nSPS) is 15.6. The van der Waals surface area contributed by atoms with Crippen LogP contribution in [-0.4, -0.2) is 56.9 Å². The molecule has 1 fully saturated rings. The van der Waals surface area contributed by atoms with E-state index >= 15 is 0 Å². The van der Waals surface area contributed by atoms with E-state index < -0.39 is 0 Å². The maximum absolute atomic E-state index is 6.02. The van der Waals surface area contributed by atoms with Crippen molar-refractivity contribution >= 4 is 29.9 Å². The second kappa shape index (κ2) is 13.5. The molecule has 31 heavy (non-hydrogen) atoms. The first-order valence-electron chi connectivity index (χ1n) is 10.7. The van der Waals surface area contributed by atoms with Crippen LogP contribution < -0.4 is 15.4 Å². The van der Waals surface area contributed by atoms with Crippen molar-refractivity contribution in [2.24, 2.45) is 4.99 Å². The molecule has 1 aliphatic heterocycles. The number of ether oxygens (including phenoxy) is 2. The first kappa shape index (κ1) is 25.4. The number of aryl methyl sites for hydroxylation is 1. The first-order chi connectivity index (χ1) is 14.6. The molecule has 0 aromatic heterocycles. The number of aliphatic imine (C=N–C) groups is 1. The summed E-state index contributed by atoms with van der Waals surface area (Å²) < 4.78 is 11.4. The van der Waals surface area contributed by atoms with Crippen molar-refractivity contribution in [1.82, 2.24) is 15.5 Å². The third-order valence-electron chi connectivity index (χ3n) is 5.20. The molecular formula is C24H35IN4O2. The fourth-order valence-electron chi connectivity index (χ4n) is 3.37. The molecule has 2 aromatic carbocycles. The Kier molecular flexibility index (Phi) is 11.1. The molecule has 0 radical (unpaired) electrons. The number of benzene rings is 2. The van der Waals surface area contributed by atoms with Crippen molar-refractivity contribution in [2.75, 3.05) is 39.9 Å². The van der Waals surface area contributed by atoms with Crippen molar-refractivity contribution in [3.05, 3.63) is 65.2 Å². The summed E-state index contributed by atoms with van der Waals surface area (Å²) in [6.45, 7) is 10.2. The summed E-state index contributed by atoms with van der Waals surface area (Å²) in [7, 11) is 1.79. The maximum atomic E-state index is 6.02. The van der Waals surface area contributed by atoms with E-state index in [1.54, 1.807) is 7.05 Å². The van der Waals surface area contributed by atoms with E-state index in [0.29, 0.717) is 6.54 Å². The molecular weight excluding hydrogens is 503 g/mol. The first-order valence-corrected chi connectivity index (χ1v) is 10.7. The highest BCUT2D eigenvalue weighted by Crippen LogP contribution is 2.17. The van der Waals surface area contributed by atoms with E-state index in [9.17, 15) is 0 Å². The lowest BCUT2D eigenvalue weighted by Gasteiger charge is -2.26. The molecule has 0 spiro atoms. The topological polar surface area (TPSA) is 58.1 Å². The van der Waals surface area contributed by atoms with Gasteiger partial charge in [0.2, 0.25) is 0 Å². The second-order valence-electron chi connectivity index (χ2n) is 7.71. The molecule has 0 saturated carbocycles. The summed E-state index contributed by atoms with van der Waals surface area (Å²) in [5, 5.41) is 6.71. The highest BCUT2D eigenvalue weighted by atomic mass is 127. The van der Waals surface area contributed by atoms with Crippen LogP contribution in [0.5, 0.6) is 5.75 Å². The number of halogens is 1. The molecule has 0 aliphatic carbocycles. The SMILES string of the molecule is CN=C(NCc1ccc(CN2CCOCC2)cc1)NCC(C)Oc1ccccc1C.I. The highest BCUT2D eigenvalue weighted by Gasteiger charge is 2.11. The number of para-hydroxylation sites is 1. The van der Waals surface area contributed by atoms with Gasteiger partial charge in [0.1, 0.15) is 11.9 Å². The fraction of sp³-hybridized carbons (Fsp3) is 0.458. The molecule has 170 valence electrons. The van der Waals surface area contributed by atoms with Crippen LogP contribution in [0, 0.1) is 6.92 Å². The van der Waals surface area contributed by atoms with Gasteiger partial charge in [-0.25, -0.2) is 0 Å². The van der Waals surface area contributed by atoms with E-state index in [0.717, 1.165) is 56.7 Å². The second-order valence-corrected chi connectivity index (χ2v) is 7.71. The monoisotopic (exact) mass is 538 g/mol. The minimum atomic E-state index is 0. The van der Waals surface area contributed by atoms with E-state index in [2.05, 4.69) is 64.7 Å².